The molecule has 0 saturated heterocycles. The van der Waals surface area contributed by atoms with E-state index in [4.69, 9.17) is 4.74 Å². The average molecular weight is 330 g/mol. The van der Waals surface area contributed by atoms with Crippen LogP contribution in [0, 0.1) is 0 Å². The molecule has 1 unspecified atom stereocenters. The van der Waals surface area contributed by atoms with Crippen LogP contribution in [0.15, 0.2) is 29.6 Å². The highest BCUT2D eigenvalue weighted by atomic mass is 32.1. The molecular formula is C14H13F3N2O2S. The Bertz CT molecular complexity index is 660. The third-order valence-corrected chi connectivity index (χ3v) is 4.13. The largest absolute Gasteiger partial charge is 0.484 e. The van der Waals surface area contributed by atoms with Crippen molar-refractivity contribution in [2.45, 2.75) is 18.8 Å². The summed E-state index contributed by atoms with van der Waals surface area (Å²) in [6, 6.07) is 7.24. The maximum Gasteiger partial charge on any atom is 0.434 e. The number of aliphatic hydroxyl groups is 1. The van der Waals surface area contributed by atoms with E-state index in [-0.39, 0.29) is 13.2 Å². The molecule has 0 bridgehead atoms. The Morgan fingerprint density at radius 1 is 1.36 bits per heavy atom. The second-order valence-corrected chi connectivity index (χ2v) is 5.84. The lowest BCUT2D eigenvalue weighted by atomic mass is 10.2. The number of hydrogen-bond donors (Lipinski definition) is 1. The fourth-order valence-corrected chi connectivity index (χ4v) is 3.12. The lowest BCUT2D eigenvalue weighted by Crippen LogP contribution is -2.41. The van der Waals surface area contributed by atoms with E-state index in [0.717, 1.165) is 22.4 Å². The van der Waals surface area contributed by atoms with Crippen molar-refractivity contribution in [3.8, 4) is 5.75 Å². The Hall–Kier alpha value is -1.80. The Kier molecular flexibility index (Phi) is 3.96. The van der Waals surface area contributed by atoms with Crippen molar-refractivity contribution >= 4 is 17.0 Å². The first kappa shape index (κ1) is 15.1. The highest BCUT2D eigenvalue weighted by molar-refractivity contribution is 7.09. The molecule has 4 nitrogen and oxygen atoms in total. The van der Waals surface area contributed by atoms with Gasteiger partial charge < -0.3 is 14.7 Å². The van der Waals surface area contributed by atoms with Crippen LogP contribution in [0.25, 0.3) is 0 Å². The molecule has 118 valence electrons. The van der Waals surface area contributed by atoms with Crippen LogP contribution < -0.4 is 9.64 Å². The van der Waals surface area contributed by atoms with E-state index in [1.807, 2.05) is 23.1 Å². The molecule has 3 rings (SSSR count). The molecule has 22 heavy (non-hydrogen) atoms. The molecule has 1 atom stereocenters. The smallest absolute Gasteiger partial charge is 0.434 e. The standard InChI is InChI=1S/C14H13F3N2O2S/c15-14(16,17)12-8-22-13(18-12)6-19-5-9(7-20)21-11-4-2-1-3-10(11)19/h1-4,8-9,20H,5-7H2. The summed E-state index contributed by atoms with van der Waals surface area (Å²) < 4.78 is 43.5. The van der Waals surface area contributed by atoms with Gasteiger partial charge in [0.25, 0.3) is 0 Å². The molecule has 0 radical (unpaired) electrons. The highest BCUT2D eigenvalue weighted by Gasteiger charge is 2.34. The molecule has 1 aromatic heterocycles. The van der Waals surface area contributed by atoms with Crippen molar-refractivity contribution in [3.63, 3.8) is 0 Å². The minimum absolute atomic E-state index is 0.156. The van der Waals surface area contributed by atoms with Crippen molar-refractivity contribution < 1.29 is 23.0 Å². The van der Waals surface area contributed by atoms with Crippen LogP contribution in [0.5, 0.6) is 5.75 Å². The van der Waals surface area contributed by atoms with Gasteiger partial charge in [0.1, 0.15) is 16.9 Å². The lowest BCUT2D eigenvalue weighted by molar-refractivity contribution is -0.140. The van der Waals surface area contributed by atoms with Gasteiger partial charge in [0.15, 0.2) is 5.69 Å². The van der Waals surface area contributed by atoms with Crippen LogP contribution in [0.2, 0.25) is 0 Å². The van der Waals surface area contributed by atoms with E-state index in [0.29, 0.717) is 17.3 Å². The van der Waals surface area contributed by atoms with Gasteiger partial charge in [-0.25, -0.2) is 4.98 Å². The van der Waals surface area contributed by atoms with E-state index < -0.39 is 18.0 Å². The van der Waals surface area contributed by atoms with E-state index in [2.05, 4.69) is 4.98 Å². The predicted octanol–water partition coefficient (Wildman–Crippen LogP) is 2.92. The van der Waals surface area contributed by atoms with E-state index in [1.165, 1.54) is 0 Å². The fourth-order valence-electron chi connectivity index (χ4n) is 2.30. The summed E-state index contributed by atoms with van der Waals surface area (Å²) in [5, 5.41) is 10.7. The first-order valence-electron chi connectivity index (χ1n) is 6.60. The van der Waals surface area contributed by atoms with Gasteiger partial charge in [-0.1, -0.05) is 12.1 Å². The van der Waals surface area contributed by atoms with Crippen molar-refractivity contribution in [2.75, 3.05) is 18.1 Å². The second-order valence-electron chi connectivity index (χ2n) is 4.89. The van der Waals surface area contributed by atoms with E-state index in [9.17, 15) is 18.3 Å². The van der Waals surface area contributed by atoms with Crippen molar-refractivity contribution in [1.82, 2.24) is 4.98 Å². The number of halogens is 3. The number of ether oxygens (including phenoxy) is 1. The number of para-hydroxylation sites is 2. The number of alkyl halides is 3. The fraction of sp³-hybridized carbons (Fsp3) is 0.357. The van der Waals surface area contributed by atoms with Crippen LogP contribution in [-0.4, -0.2) is 29.3 Å². The van der Waals surface area contributed by atoms with Gasteiger partial charge in [0.05, 0.1) is 25.4 Å². The Morgan fingerprint density at radius 2 is 2.14 bits per heavy atom. The maximum absolute atomic E-state index is 12.6. The molecule has 0 spiro atoms. The topological polar surface area (TPSA) is 45.6 Å². The molecule has 0 amide bonds. The molecule has 0 saturated carbocycles. The molecule has 1 aromatic carbocycles. The normalized spacial score (nSPS) is 18.0. The summed E-state index contributed by atoms with van der Waals surface area (Å²) in [7, 11) is 0. The monoisotopic (exact) mass is 330 g/mol. The van der Waals surface area contributed by atoms with Crippen LogP contribution in [0.1, 0.15) is 10.7 Å². The Morgan fingerprint density at radius 3 is 2.82 bits per heavy atom. The zero-order chi connectivity index (χ0) is 15.7. The molecule has 8 heteroatoms. The first-order chi connectivity index (χ1) is 10.5. The van der Waals surface area contributed by atoms with Crippen molar-refractivity contribution in [1.29, 1.82) is 0 Å². The molecule has 1 aliphatic rings. The molecule has 1 N–H and O–H groups in total. The van der Waals surface area contributed by atoms with E-state index in [1.54, 1.807) is 6.07 Å². The minimum atomic E-state index is -4.43. The van der Waals surface area contributed by atoms with Gasteiger partial charge in [-0.05, 0) is 12.1 Å². The summed E-state index contributed by atoms with van der Waals surface area (Å²) in [5.41, 5.74) is -0.0799. The third-order valence-electron chi connectivity index (χ3n) is 3.30. The zero-order valence-electron chi connectivity index (χ0n) is 11.4. The van der Waals surface area contributed by atoms with Crippen LogP contribution >= 0.6 is 11.3 Å². The number of aromatic nitrogens is 1. The van der Waals surface area contributed by atoms with Gasteiger partial charge in [0.2, 0.25) is 0 Å². The highest BCUT2D eigenvalue weighted by Crippen LogP contribution is 2.35. The van der Waals surface area contributed by atoms with Gasteiger partial charge in [-0.2, -0.15) is 13.2 Å². The number of aliphatic hydroxyl groups excluding tert-OH is 1. The Labute approximate surface area is 128 Å². The van der Waals surface area contributed by atoms with Gasteiger partial charge in [-0.15, -0.1) is 11.3 Å². The molecule has 2 aromatic rings. The van der Waals surface area contributed by atoms with Crippen molar-refractivity contribution in [3.05, 3.63) is 40.3 Å². The molecular weight excluding hydrogens is 317 g/mol. The number of thiazole rings is 1. The summed E-state index contributed by atoms with van der Waals surface area (Å²) in [6.07, 6.45) is -4.83. The molecule has 2 heterocycles. The quantitative estimate of drug-likeness (QED) is 0.940. The third kappa shape index (κ3) is 3.02. The van der Waals surface area contributed by atoms with Gasteiger partial charge in [0, 0.05) is 5.38 Å². The second kappa shape index (κ2) is 5.77. The van der Waals surface area contributed by atoms with Gasteiger partial charge in [-0.3, -0.25) is 0 Å². The average Bonchev–Trinajstić information content (AvgIpc) is 2.96. The molecule has 0 aliphatic carbocycles. The molecule has 1 aliphatic heterocycles. The summed E-state index contributed by atoms with van der Waals surface area (Å²) in [5.74, 6) is 0.611. The summed E-state index contributed by atoms with van der Waals surface area (Å²) >= 11 is 0.977. The minimum Gasteiger partial charge on any atom is -0.484 e. The number of anilines is 1. The predicted molar refractivity (Wildman–Crippen MR) is 76.1 cm³/mol. The van der Waals surface area contributed by atoms with Crippen molar-refractivity contribution in [2.24, 2.45) is 0 Å². The Balaban J connectivity index is 1.84. The summed E-state index contributed by atoms with van der Waals surface area (Å²) in [4.78, 5) is 5.52. The number of hydrogen-bond acceptors (Lipinski definition) is 5. The zero-order valence-corrected chi connectivity index (χ0v) is 12.2. The first-order valence-corrected chi connectivity index (χ1v) is 7.48. The summed E-state index contributed by atoms with van der Waals surface area (Å²) in [6.45, 7) is 0.489. The number of rotatable bonds is 3. The lowest BCUT2D eigenvalue weighted by Gasteiger charge is -2.35. The van der Waals surface area contributed by atoms with E-state index >= 15 is 0 Å². The maximum atomic E-state index is 12.6. The van der Waals surface area contributed by atoms with Gasteiger partial charge >= 0.3 is 6.18 Å². The van der Waals surface area contributed by atoms with Crippen LogP contribution in [-0.2, 0) is 12.7 Å². The molecule has 0 fully saturated rings. The van der Waals surface area contributed by atoms with Crippen LogP contribution in [0.3, 0.4) is 0 Å². The van der Waals surface area contributed by atoms with Crippen LogP contribution in [0.4, 0.5) is 18.9 Å². The number of fused-ring (bicyclic) bond motifs is 1. The SMILES string of the molecule is OCC1CN(Cc2nc(C(F)(F)F)cs2)c2ccccc2O1. The number of benzene rings is 1. The number of nitrogens with zero attached hydrogens (tertiary/aromatic N) is 2.